The van der Waals surface area contributed by atoms with Gasteiger partial charge in [-0.3, -0.25) is 33.6 Å². The molecule has 1 aromatic carbocycles. The molecule has 0 aliphatic carbocycles. The lowest BCUT2D eigenvalue weighted by Crippen LogP contribution is -2.58. The van der Waals surface area contributed by atoms with E-state index in [0.717, 1.165) is 0 Å². The minimum atomic E-state index is -1.19. The monoisotopic (exact) mass is 788 g/mol. The first-order valence-electron chi connectivity index (χ1n) is 19.8. The van der Waals surface area contributed by atoms with Gasteiger partial charge in [0.2, 0.25) is 29.5 Å². The zero-order valence-corrected chi connectivity index (χ0v) is 32.9. The van der Waals surface area contributed by atoms with Gasteiger partial charge in [-0.1, -0.05) is 26.0 Å². The largest absolute Gasteiger partial charge is 0.508 e. The van der Waals surface area contributed by atoms with Gasteiger partial charge in [-0.2, -0.15) is 0 Å². The molecule has 1 heterocycles. The topological polar surface area (TPSA) is 298 Å². The van der Waals surface area contributed by atoms with Gasteiger partial charge in [0.05, 0.1) is 18.0 Å². The van der Waals surface area contributed by atoms with Crippen molar-refractivity contribution in [3.63, 3.8) is 0 Å². The summed E-state index contributed by atoms with van der Waals surface area (Å²) in [4.78, 5) is 93.1. The van der Waals surface area contributed by atoms with E-state index < -0.39 is 71.5 Å². The highest BCUT2D eigenvalue weighted by molar-refractivity contribution is 5.96. The number of Topliss-reactive ketones (excluding diaryl/α,β-unsaturated/α-hetero) is 1. The van der Waals surface area contributed by atoms with Crippen molar-refractivity contribution < 1.29 is 43.8 Å². The first-order chi connectivity index (χ1) is 26.6. The number of unbranched alkanes of at least 4 members (excludes halogenated alkanes) is 2. The van der Waals surface area contributed by atoms with Crippen molar-refractivity contribution in [1.29, 1.82) is 0 Å². The van der Waals surface area contributed by atoms with Crippen LogP contribution in [0.5, 0.6) is 5.75 Å². The summed E-state index contributed by atoms with van der Waals surface area (Å²) in [6.07, 6.45) is 3.26. The SMILES string of the molecule is CC(C)C[C@H](CC(=O)[C@H](Cc1ccc(O)cc1)NC(=O)[C@@H]1CCCCNC(=O)CC[C@H](N)C(=O)N[C@@H](CCCCN)C(=O)N[C@@H](CCCCN)C(=O)N1)C(=O)O. The Kier molecular flexibility index (Phi) is 21.7. The maximum atomic E-state index is 14.1. The predicted molar refractivity (Wildman–Crippen MR) is 210 cm³/mol. The van der Waals surface area contributed by atoms with Crippen LogP contribution in [0.3, 0.4) is 0 Å². The Morgan fingerprint density at radius 1 is 0.839 bits per heavy atom. The first kappa shape index (κ1) is 47.5. The van der Waals surface area contributed by atoms with Crippen LogP contribution >= 0.6 is 0 Å². The van der Waals surface area contributed by atoms with Crippen LogP contribution in [0.4, 0.5) is 0 Å². The van der Waals surface area contributed by atoms with Crippen LogP contribution in [0.15, 0.2) is 24.3 Å². The Labute approximate surface area is 329 Å². The summed E-state index contributed by atoms with van der Waals surface area (Å²) in [6.45, 7) is 4.66. The van der Waals surface area contributed by atoms with Crippen LogP contribution in [0.2, 0.25) is 0 Å². The molecule has 1 aliphatic heterocycles. The summed E-state index contributed by atoms with van der Waals surface area (Å²) in [6, 6.07) is 0.451. The number of benzene rings is 1. The number of nitrogens with two attached hydrogens (primary N) is 3. The van der Waals surface area contributed by atoms with E-state index in [1.807, 2.05) is 13.8 Å². The van der Waals surface area contributed by atoms with Crippen molar-refractivity contribution in [3.05, 3.63) is 29.8 Å². The van der Waals surface area contributed by atoms with E-state index in [4.69, 9.17) is 17.2 Å². The Hall–Kier alpha value is -4.61. The molecule has 1 saturated heterocycles. The Morgan fingerprint density at radius 2 is 1.43 bits per heavy atom. The number of phenolic OH excluding ortho intramolecular Hbond substituents is 1. The zero-order chi connectivity index (χ0) is 41.6. The number of amides is 5. The molecule has 1 aliphatic rings. The molecule has 0 radical (unpaired) electrons. The number of rotatable bonds is 18. The summed E-state index contributed by atoms with van der Waals surface area (Å²) >= 11 is 0. The van der Waals surface area contributed by atoms with Crippen molar-refractivity contribution in [2.45, 2.75) is 134 Å². The van der Waals surface area contributed by atoms with Crippen molar-refractivity contribution in [3.8, 4) is 5.75 Å². The molecule has 17 nitrogen and oxygen atoms in total. The molecular weight excluding hydrogens is 724 g/mol. The smallest absolute Gasteiger partial charge is 0.306 e. The Balaban J connectivity index is 2.46. The molecule has 6 atom stereocenters. The number of carbonyl (C=O) groups is 7. The molecule has 1 fully saturated rings. The van der Waals surface area contributed by atoms with Crippen LogP contribution in [0.25, 0.3) is 0 Å². The van der Waals surface area contributed by atoms with Gasteiger partial charge in [0, 0.05) is 19.4 Å². The Bertz CT molecular complexity index is 1440. The van der Waals surface area contributed by atoms with Crippen molar-refractivity contribution in [2.75, 3.05) is 19.6 Å². The molecule has 0 unspecified atom stereocenters. The lowest BCUT2D eigenvalue weighted by atomic mass is 9.89. The second-order valence-corrected chi connectivity index (χ2v) is 15.0. The summed E-state index contributed by atoms with van der Waals surface area (Å²) in [5.41, 5.74) is 18.0. The third kappa shape index (κ3) is 17.9. The molecule has 5 amide bonds. The summed E-state index contributed by atoms with van der Waals surface area (Å²) in [5, 5.41) is 33.4. The summed E-state index contributed by atoms with van der Waals surface area (Å²) < 4.78 is 0. The van der Waals surface area contributed by atoms with E-state index in [1.54, 1.807) is 12.1 Å². The van der Waals surface area contributed by atoms with E-state index in [0.29, 0.717) is 57.2 Å². The van der Waals surface area contributed by atoms with Crippen LogP contribution in [0.1, 0.15) is 103 Å². The number of aromatic hydroxyl groups is 1. The Morgan fingerprint density at radius 3 is 2.00 bits per heavy atom. The quantitative estimate of drug-likeness (QED) is 0.0896. The number of phenols is 1. The highest BCUT2D eigenvalue weighted by Crippen LogP contribution is 2.19. The highest BCUT2D eigenvalue weighted by atomic mass is 16.4. The number of carbonyl (C=O) groups excluding carboxylic acids is 6. The van der Waals surface area contributed by atoms with Crippen molar-refractivity contribution >= 4 is 41.3 Å². The molecule has 0 saturated carbocycles. The van der Waals surface area contributed by atoms with Gasteiger partial charge in [-0.05, 0) is 114 Å². The third-order valence-corrected chi connectivity index (χ3v) is 9.69. The second-order valence-electron chi connectivity index (χ2n) is 15.0. The zero-order valence-electron chi connectivity index (χ0n) is 32.9. The molecule has 0 bridgehead atoms. The van der Waals surface area contributed by atoms with Crippen molar-refractivity contribution in [2.24, 2.45) is 29.0 Å². The fourth-order valence-electron chi connectivity index (χ4n) is 6.43. The van der Waals surface area contributed by atoms with Gasteiger partial charge >= 0.3 is 5.97 Å². The highest BCUT2D eigenvalue weighted by Gasteiger charge is 2.33. The standard InChI is InChI=1S/C39H64N8O9/c1-24(2)21-26(39(55)56)23-33(49)32(22-25-12-14-27(48)15-13-25)47-38(54)31-11-5-8-20-43-34(50)17-16-28(42)35(51)44-29(9-3-6-18-40)36(52)45-30(37(53)46-31)10-4-7-19-41/h12-15,24,26,28-32,48H,3-11,16-23,40-42H2,1-2H3,(H,43,50)(H,44,51)(H,45,52)(H,46,53)(H,47,54)(H,55,56)/t26-,28+,29+,30+,31+,32+/m1/s1. The fourth-order valence-corrected chi connectivity index (χ4v) is 6.43. The summed E-state index contributed by atoms with van der Waals surface area (Å²) in [5.74, 6) is -5.58. The molecule has 17 heteroatoms. The number of ketones is 1. The van der Waals surface area contributed by atoms with E-state index in [1.165, 1.54) is 12.1 Å². The van der Waals surface area contributed by atoms with Crippen molar-refractivity contribution in [1.82, 2.24) is 26.6 Å². The third-order valence-electron chi connectivity index (χ3n) is 9.69. The van der Waals surface area contributed by atoms with E-state index in [9.17, 15) is 43.8 Å². The average Bonchev–Trinajstić information content (AvgIpc) is 3.15. The van der Waals surface area contributed by atoms with Crippen LogP contribution < -0.4 is 43.8 Å². The molecular formula is C39H64N8O9. The number of carboxylic acid groups (broad SMARTS) is 1. The minimum absolute atomic E-state index is 0.000567. The first-order valence-corrected chi connectivity index (χ1v) is 19.8. The van der Waals surface area contributed by atoms with Gasteiger partial charge in [-0.25, -0.2) is 0 Å². The maximum absolute atomic E-state index is 14.1. The molecule has 0 spiro atoms. The number of aliphatic carboxylic acids is 1. The van der Waals surface area contributed by atoms with Gasteiger partial charge < -0.3 is 54.0 Å². The van der Waals surface area contributed by atoms with Gasteiger partial charge in [-0.15, -0.1) is 0 Å². The molecule has 314 valence electrons. The predicted octanol–water partition coefficient (Wildman–Crippen LogP) is 0.246. The lowest BCUT2D eigenvalue weighted by molar-refractivity contribution is -0.144. The van der Waals surface area contributed by atoms with Crippen LogP contribution in [-0.4, -0.2) is 101 Å². The lowest BCUT2D eigenvalue weighted by Gasteiger charge is -2.27. The number of nitrogens with one attached hydrogen (secondary N) is 5. The second kappa shape index (κ2) is 25.5. The fraction of sp³-hybridized carbons (Fsp3) is 0.667. The van der Waals surface area contributed by atoms with E-state index >= 15 is 0 Å². The maximum Gasteiger partial charge on any atom is 0.306 e. The summed E-state index contributed by atoms with van der Waals surface area (Å²) in [7, 11) is 0. The normalized spacial score (nSPS) is 21.7. The van der Waals surface area contributed by atoms with E-state index in [-0.39, 0.29) is 75.5 Å². The molecule has 1 aromatic rings. The van der Waals surface area contributed by atoms with Crippen LogP contribution in [0, 0.1) is 11.8 Å². The van der Waals surface area contributed by atoms with Crippen LogP contribution in [-0.2, 0) is 40.0 Å². The van der Waals surface area contributed by atoms with Gasteiger partial charge in [0.25, 0.3) is 0 Å². The molecule has 56 heavy (non-hydrogen) atoms. The number of hydrogen-bond acceptors (Lipinski definition) is 11. The molecule has 2 rings (SSSR count). The molecule has 0 aromatic heterocycles. The number of carboxylic acids is 1. The van der Waals surface area contributed by atoms with E-state index in [2.05, 4.69) is 26.6 Å². The van der Waals surface area contributed by atoms with Gasteiger partial charge in [0.1, 0.15) is 23.9 Å². The molecule has 13 N–H and O–H groups in total. The average molecular weight is 789 g/mol. The minimum Gasteiger partial charge on any atom is -0.508 e. The van der Waals surface area contributed by atoms with Gasteiger partial charge in [0.15, 0.2) is 5.78 Å². The number of hydrogen-bond donors (Lipinski definition) is 10.